The predicted molar refractivity (Wildman–Crippen MR) is 117 cm³/mol. The maximum atomic E-state index is 12.4. The van der Waals surface area contributed by atoms with Crippen LogP contribution in [-0.4, -0.2) is 19.4 Å². The van der Waals surface area contributed by atoms with Gasteiger partial charge in [-0.1, -0.05) is 48.5 Å². The number of nitrogens with one attached hydrogen (secondary N) is 3. The molecule has 0 aromatic heterocycles. The van der Waals surface area contributed by atoms with Crippen molar-refractivity contribution in [1.29, 1.82) is 0 Å². The highest BCUT2D eigenvalue weighted by Gasteiger charge is 2.18. The summed E-state index contributed by atoms with van der Waals surface area (Å²) < 4.78 is 26.9. The average Bonchev–Trinajstić information content (AvgIpc) is 2.74. The van der Waals surface area contributed by atoms with Crippen molar-refractivity contribution in [3.05, 3.63) is 96.1 Å². The predicted octanol–water partition coefficient (Wildman–Crippen LogP) is 3.29. The van der Waals surface area contributed by atoms with Crippen molar-refractivity contribution in [3.63, 3.8) is 0 Å². The standard InChI is InChI=1S/C21H19N3O3S2/c25-20(17-9-5-2-6-10-17)24-29(26,27)19-13-11-18(12-14-19)23-21(28)22-15-16-7-3-1-4-8-16/h1-14H,15H2,(H,24,25)(H2,22,23,28). The molecule has 0 unspecified atom stereocenters. The highest BCUT2D eigenvalue weighted by molar-refractivity contribution is 7.90. The van der Waals surface area contributed by atoms with Crippen LogP contribution in [0.5, 0.6) is 0 Å². The van der Waals surface area contributed by atoms with Gasteiger partial charge in [0.2, 0.25) is 0 Å². The molecular weight excluding hydrogens is 406 g/mol. The number of thiocarbonyl (C=S) groups is 1. The van der Waals surface area contributed by atoms with Crippen molar-refractivity contribution in [1.82, 2.24) is 10.0 Å². The quantitative estimate of drug-likeness (QED) is 0.526. The second-order valence-corrected chi connectivity index (χ2v) is 8.21. The zero-order valence-electron chi connectivity index (χ0n) is 15.3. The summed E-state index contributed by atoms with van der Waals surface area (Å²) in [4.78, 5) is 12.1. The Bertz CT molecular complexity index is 1090. The second-order valence-electron chi connectivity index (χ2n) is 6.12. The number of hydrogen-bond donors (Lipinski definition) is 3. The molecule has 0 radical (unpaired) electrons. The van der Waals surface area contributed by atoms with Crippen molar-refractivity contribution in [2.45, 2.75) is 11.4 Å². The van der Waals surface area contributed by atoms with E-state index in [0.29, 0.717) is 17.3 Å². The lowest BCUT2D eigenvalue weighted by Gasteiger charge is -2.11. The van der Waals surface area contributed by atoms with Crippen LogP contribution in [-0.2, 0) is 16.6 Å². The molecule has 0 aliphatic rings. The summed E-state index contributed by atoms with van der Waals surface area (Å²) in [5.74, 6) is -0.681. The molecule has 3 aromatic rings. The molecule has 29 heavy (non-hydrogen) atoms. The number of hydrogen-bond acceptors (Lipinski definition) is 4. The third-order valence-corrected chi connectivity index (χ3v) is 5.57. The van der Waals surface area contributed by atoms with Crippen LogP contribution in [0.2, 0.25) is 0 Å². The number of benzene rings is 3. The van der Waals surface area contributed by atoms with E-state index in [1.807, 2.05) is 30.3 Å². The Morgan fingerprint density at radius 3 is 2.03 bits per heavy atom. The lowest BCUT2D eigenvalue weighted by molar-refractivity contribution is 0.0981. The van der Waals surface area contributed by atoms with Gasteiger partial charge in [-0.15, -0.1) is 0 Å². The number of sulfonamides is 1. The highest BCUT2D eigenvalue weighted by atomic mass is 32.2. The van der Waals surface area contributed by atoms with E-state index in [9.17, 15) is 13.2 Å². The molecule has 6 nitrogen and oxygen atoms in total. The molecule has 8 heteroatoms. The summed E-state index contributed by atoms with van der Waals surface area (Å²) >= 11 is 5.26. The SMILES string of the molecule is O=C(NS(=O)(=O)c1ccc(NC(=S)NCc2ccccc2)cc1)c1ccccc1. The van der Waals surface area contributed by atoms with Crippen LogP contribution in [0.1, 0.15) is 15.9 Å². The number of carbonyl (C=O) groups excluding carboxylic acids is 1. The molecule has 0 bridgehead atoms. The summed E-state index contributed by atoms with van der Waals surface area (Å²) in [5.41, 5.74) is 1.99. The Morgan fingerprint density at radius 1 is 0.828 bits per heavy atom. The van der Waals surface area contributed by atoms with E-state index in [0.717, 1.165) is 5.56 Å². The van der Waals surface area contributed by atoms with E-state index in [1.54, 1.807) is 42.5 Å². The summed E-state index contributed by atoms with van der Waals surface area (Å²) in [6.45, 7) is 0.574. The molecule has 0 atom stereocenters. The van der Waals surface area contributed by atoms with Crippen molar-refractivity contribution in [2.24, 2.45) is 0 Å². The first-order valence-electron chi connectivity index (χ1n) is 8.75. The van der Waals surface area contributed by atoms with Gasteiger partial charge >= 0.3 is 0 Å². The number of rotatable bonds is 6. The monoisotopic (exact) mass is 425 g/mol. The molecule has 1 amide bonds. The van der Waals surface area contributed by atoms with Gasteiger partial charge in [-0.25, -0.2) is 13.1 Å². The molecule has 3 aromatic carbocycles. The van der Waals surface area contributed by atoms with Gasteiger partial charge in [0.15, 0.2) is 5.11 Å². The smallest absolute Gasteiger partial charge is 0.264 e. The van der Waals surface area contributed by atoms with Gasteiger partial charge in [-0.05, 0) is 54.2 Å². The molecule has 0 heterocycles. The van der Waals surface area contributed by atoms with Gasteiger partial charge in [-0.3, -0.25) is 4.79 Å². The van der Waals surface area contributed by atoms with E-state index in [1.165, 1.54) is 12.1 Å². The minimum atomic E-state index is -3.97. The Balaban J connectivity index is 1.58. The number of amides is 1. The zero-order valence-corrected chi connectivity index (χ0v) is 17.0. The Kier molecular flexibility index (Phi) is 6.58. The lowest BCUT2D eigenvalue weighted by atomic mass is 10.2. The van der Waals surface area contributed by atoms with Crippen LogP contribution in [0.25, 0.3) is 0 Å². The number of carbonyl (C=O) groups is 1. The van der Waals surface area contributed by atoms with Crippen LogP contribution >= 0.6 is 12.2 Å². The Labute approximate surface area is 175 Å². The first-order chi connectivity index (χ1) is 13.9. The summed E-state index contributed by atoms with van der Waals surface area (Å²) in [6, 6.07) is 23.9. The minimum absolute atomic E-state index is 0.0181. The molecule has 0 fully saturated rings. The third-order valence-electron chi connectivity index (χ3n) is 3.98. The first kappa shape index (κ1) is 20.5. The Hall–Kier alpha value is -3.23. The fourth-order valence-electron chi connectivity index (χ4n) is 2.50. The van der Waals surface area contributed by atoms with Gasteiger partial charge in [0.1, 0.15) is 0 Å². The Morgan fingerprint density at radius 2 is 1.41 bits per heavy atom. The van der Waals surface area contributed by atoms with Crippen molar-refractivity contribution >= 4 is 38.9 Å². The van der Waals surface area contributed by atoms with Gasteiger partial charge in [0, 0.05) is 17.8 Å². The van der Waals surface area contributed by atoms with Crippen molar-refractivity contribution in [2.75, 3.05) is 5.32 Å². The second kappa shape index (κ2) is 9.31. The van der Waals surface area contributed by atoms with Crippen LogP contribution < -0.4 is 15.4 Å². The van der Waals surface area contributed by atoms with Crippen LogP contribution in [0.3, 0.4) is 0 Å². The normalized spacial score (nSPS) is 10.8. The maximum Gasteiger partial charge on any atom is 0.264 e. The average molecular weight is 426 g/mol. The van der Waals surface area contributed by atoms with Gasteiger partial charge in [-0.2, -0.15) is 0 Å². The molecule has 148 valence electrons. The molecule has 3 N–H and O–H groups in total. The number of anilines is 1. The topological polar surface area (TPSA) is 87.3 Å². The van der Waals surface area contributed by atoms with E-state index in [4.69, 9.17) is 12.2 Å². The molecule has 0 saturated carbocycles. The first-order valence-corrected chi connectivity index (χ1v) is 10.6. The fraction of sp³-hybridized carbons (Fsp3) is 0.0476. The maximum absolute atomic E-state index is 12.4. The summed E-state index contributed by atoms with van der Waals surface area (Å²) in [5, 5.41) is 6.50. The third kappa shape index (κ3) is 5.87. The fourth-order valence-corrected chi connectivity index (χ4v) is 3.66. The molecule has 0 saturated heterocycles. The molecule has 0 aliphatic carbocycles. The van der Waals surface area contributed by atoms with E-state index >= 15 is 0 Å². The van der Waals surface area contributed by atoms with E-state index in [2.05, 4.69) is 15.4 Å². The van der Waals surface area contributed by atoms with Crippen molar-refractivity contribution < 1.29 is 13.2 Å². The van der Waals surface area contributed by atoms with E-state index in [-0.39, 0.29) is 10.5 Å². The van der Waals surface area contributed by atoms with Crippen LogP contribution in [0.4, 0.5) is 5.69 Å². The lowest BCUT2D eigenvalue weighted by Crippen LogP contribution is -2.30. The summed E-state index contributed by atoms with van der Waals surface area (Å²) in [6.07, 6.45) is 0. The largest absolute Gasteiger partial charge is 0.358 e. The van der Waals surface area contributed by atoms with Crippen LogP contribution in [0.15, 0.2) is 89.8 Å². The van der Waals surface area contributed by atoms with Gasteiger partial charge in [0.05, 0.1) is 4.90 Å². The summed E-state index contributed by atoms with van der Waals surface area (Å²) in [7, 11) is -3.97. The molecule has 0 aliphatic heterocycles. The van der Waals surface area contributed by atoms with Gasteiger partial charge in [0.25, 0.3) is 15.9 Å². The van der Waals surface area contributed by atoms with Crippen molar-refractivity contribution in [3.8, 4) is 0 Å². The molecule has 0 spiro atoms. The van der Waals surface area contributed by atoms with Gasteiger partial charge < -0.3 is 10.6 Å². The highest BCUT2D eigenvalue weighted by Crippen LogP contribution is 2.14. The zero-order chi connectivity index (χ0) is 20.7. The molecular formula is C21H19N3O3S2. The molecule has 3 rings (SSSR count). The minimum Gasteiger partial charge on any atom is -0.358 e. The van der Waals surface area contributed by atoms with E-state index < -0.39 is 15.9 Å². The van der Waals surface area contributed by atoms with Crippen LogP contribution in [0, 0.1) is 0 Å².